The van der Waals surface area contributed by atoms with E-state index in [1.807, 2.05) is 46.1 Å². The maximum absolute atomic E-state index is 12.1. The largest absolute Gasteiger partial charge is 0.351 e. The van der Waals surface area contributed by atoms with E-state index in [9.17, 15) is 4.79 Å². The molecule has 0 spiro atoms. The summed E-state index contributed by atoms with van der Waals surface area (Å²) in [7, 11) is 0. The number of hydrogen-bond donors (Lipinski definition) is 2. The van der Waals surface area contributed by atoms with Gasteiger partial charge in [-0.05, 0) is 41.5 Å². The molecule has 6 nitrogen and oxygen atoms in total. The Bertz CT molecular complexity index is 464. The Morgan fingerprint density at radius 1 is 1.35 bits per heavy atom. The average molecular weight is 299 g/mol. The molecular weight excluding hydrogens is 274 g/mol. The molecule has 1 atom stereocenters. The number of carbonyl (C=O) groups excluding carboxylic acids is 1. The third kappa shape index (κ3) is 4.49. The van der Waals surface area contributed by atoms with Gasteiger partial charge in [0.2, 0.25) is 5.91 Å². The number of hydrogen-bond acceptors (Lipinski definition) is 5. The van der Waals surface area contributed by atoms with Crippen molar-refractivity contribution in [3.63, 3.8) is 0 Å². The van der Waals surface area contributed by atoms with Gasteiger partial charge in [-0.1, -0.05) is 11.8 Å². The van der Waals surface area contributed by atoms with Crippen molar-refractivity contribution in [3.05, 3.63) is 5.82 Å². The van der Waals surface area contributed by atoms with E-state index in [2.05, 4.69) is 15.5 Å². The van der Waals surface area contributed by atoms with Crippen LogP contribution in [0.4, 0.5) is 0 Å². The molecule has 0 fully saturated rings. The van der Waals surface area contributed by atoms with Crippen LogP contribution in [-0.4, -0.2) is 31.5 Å². The Kier molecular flexibility index (Phi) is 5.59. The van der Waals surface area contributed by atoms with Gasteiger partial charge in [-0.2, -0.15) is 0 Å². The van der Waals surface area contributed by atoms with Crippen molar-refractivity contribution < 1.29 is 4.79 Å². The van der Waals surface area contributed by atoms with E-state index >= 15 is 0 Å². The van der Waals surface area contributed by atoms with Gasteiger partial charge in [-0.3, -0.25) is 4.79 Å². The van der Waals surface area contributed by atoms with Crippen molar-refractivity contribution in [2.24, 2.45) is 5.73 Å². The van der Waals surface area contributed by atoms with Gasteiger partial charge in [-0.25, -0.2) is 0 Å². The highest BCUT2D eigenvalue weighted by Crippen LogP contribution is 2.25. The van der Waals surface area contributed by atoms with E-state index in [0.29, 0.717) is 6.54 Å². The predicted octanol–water partition coefficient (Wildman–Crippen LogP) is 1.71. The summed E-state index contributed by atoms with van der Waals surface area (Å²) < 4.78 is 1.98. The number of nitrogens with zero attached hydrogens (tertiary/aromatic N) is 3. The smallest absolute Gasteiger partial charge is 0.233 e. The van der Waals surface area contributed by atoms with Gasteiger partial charge in [0.05, 0.1) is 11.8 Å². The van der Waals surface area contributed by atoms with E-state index in [4.69, 9.17) is 5.73 Å². The van der Waals surface area contributed by atoms with Gasteiger partial charge >= 0.3 is 0 Å². The van der Waals surface area contributed by atoms with E-state index in [-0.39, 0.29) is 22.7 Å². The molecule has 1 amide bonds. The summed E-state index contributed by atoms with van der Waals surface area (Å²) in [4.78, 5) is 12.1. The quantitative estimate of drug-likeness (QED) is 0.808. The molecule has 1 heterocycles. The van der Waals surface area contributed by atoms with Crippen LogP contribution < -0.4 is 11.1 Å². The molecule has 1 unspecified atom stereocenters. The first-order valence-electron chi connectivity index (χ1n) is 6.78. The first-order chi connectivity index (χ1) is 9.15. The van der Waals surface area contributed by atoms with Crippen LogP contribution in [0.25, 0.3) is 0 Å². The number of nitrogens with two attached hydrogens (primary N) is 1. The first-order valence-corrected chi connectivity index (χ1v) is 7.66. The van der Waals surface area contributed by atoms with Gasteiger partial charge in [0, 0.05) is 11.6 Å². The fraction of sp³-hybridized carbons (Fsp3) is 0.769. The molecule has 0 radical (unpaired) electrons. The Hall–Kier alpha value is -1.08. The van der Waals surface area contributed by atoms with Crippen molar-refractivity contribution in [1.82, 2.24) is 20.1 Å². The maximum atomic E-state index is 12.1. The number of aromatic nitrogens is 3. The minimum absolute atomic E-state index is 0.00453. The zero-order valence-electron chi connectivity index (χ0n) is 13.1. The minimum Gasteiger partial charge on any atom is -0.351 e. The number of thioether (sulfide) groups is 1. The van der Waals surface area contributed by atoms with Crippen LogP contribution in [0.3, 0.4) is 0 Å². The highest BCUT2D eigenvalue weighted by Gasteiger charge is 2.23. The third-order valence-corrected chi connectivity index (χ3v) is 3.64. The molecule has 0 aliphatic rings. The Labute approximate surface area is 124 Å². The second-order valence-electron chi connectivity index (χ2n) is 6.07. The van der Waals surface area contributed by atoms with Crippen molar-refractivity contribution in [2.75, 3.05) is 0 Å². The molecule has 3 N–H and O–H groups in total. The predicted molar refractivity (Wildman–Crippen MR) is 81.5 cm³/mol. The second-order valence-corrected chi connectivity index (χ2v) is 7.37. The highest BCUT2D eigenvalue weighted by molar-refractivity contribution is 8.00. The Morgan fingerprint density at radius 3 is 2.40 bits per heavy atom. The van der Waals surface area contributed by atoms with Crippen LogP contribution in [0.5, 0.6) is 0 Å². The van der Waals surface area contributed by atoms with Crippen molar-refractivity contribution in [1.29, 1.82) is 0 Å². The van der Waals surface area contributed by atoms with Gasteiger partial charge < -0.3 is 15.6 Å². The molecule has 0 aliphatic heterocycles. The fourth-order valence-electron chi connectivity index (χ4n) is 1.73. The normalized spacial score (nSPS) is 13.6. The summed E-state index contributed by atoms with van der Waals surface area (Å²) >= 11 is 1.41. The molecule has 1 aromatic rings. The zero-order chi connectivity index (χ0) is 15.5. The lowest BCUT2D eigenvalue weighted by atomic mass is 10.1. The van der Waals surface area contributed by atoms with Crippen LogP contribution in [-0.2, 0) is 11.3 Å². The summed E-state index contributed by atoms with van der Waals surface area (Å²) in [6.07, 6.45) is 0. The second kappa shape index (κ2) is 6.58. The Balaban J connectivity index is 2.83. The fourth-order valence-corrected chi connectivity index (χ4v) is 2.73. The first kappa shape index (κ1) is 17.0. The average Bonchev–Trinajstić information content (AvgIpc) is 2.69. The van der Waals surface area contributed by atoms with Gasteiger partial charge in [0.1, 0.15) is 5.82 Å². The molecule has 114 valence electrons. The van der Waals surface area contributed by atoms with Crippen LogP contribution >= 0.6 is 11.8 Å². The minimum atomic E-state index is -0.236. The topological polar surface area (TPSA) is 85.8 Å². The molecule has 0 bridgehead atoms. The lowest BCUT2D eigenvalue weighted by molar-refractivity contribution is -0.121. The molecule has 1 rings (SSSR count). The van der Waals surface area contributed by atoms with Gasteiger partial charge in [0.25, 0.3) is 0 Å². The molecule has 7 heteroatoms. The molecule has 0 aromatic carbocycles. The molecule has 20 heavy (non-hydrogen) atoms. The van der Waals surface area contributed by atoms with Gasteiger partial charge in [-0.15, -0.1) is 10.2 Å². The summed E-state index contributed by atoms with van der Waals surface area (Å²) in [6.45, 7) is 12.2. The lowest BCUT2D eigenvalue weighted by Crippen LogP contribution is -2.44. The van der Waals surface area contributed by atoms with Gasteiger partial charge in [0.15, 0.2) is 5.16 Å². The molecule has 0 saturated heterocycles. The standard InChI is InChI=1S/C13H25N5OS/c1-8(2)18-10(7-14)16-17-12(18)20-9(3)11(19)15-13(4,5)6/h8-9H,7,14H2,1-6H3,(H,15,19). The molecule has 1 aromatic heterocycles. The van der Waals surface area contributed by atoms with Crippen LogP contribution in [0.15, 0.2) is 5.16 Å². The van der Waals surface area contributed by atoms with Crippen LogP contribution in [0.1, 0.15) is 53.4 Å². The number of carbonyl (C=O) groups is 1. The zero-order valence-corrected chi connectivity index (χ0v) is 13.9. The highest BCUT2D eigenvalue weighted by atomic mass is 32.2. The van der Waals surface area contributed by atoms with Crippen molar-refractivity contribution in [2.45, 2.75) is 70.1 Å². The SMILES string of the molecule is CC(Sc1nnc(CN)n1C(C)C)C(=O)NC(C)(C)C. The monoisotopic (exact) mass is 299 g/mol. The van der Waals surface area contributed by atoms with E-state index < -0.39 is 0 Å². The number of nitrogens with one attached hydrogen (secondary N) is 1. The Morgan fingerprint density at radius 2 is 1.95 bits per heavy atom. The van der Waals surface area contributed by atoms with E-state index in [1.165, 1.54) is 11.8 Å². The number of amides is 1. The van der Waals surface area contributed by atoms with Crippen molar-refractivity contribution >= 4 is 17.7 Å². The molecule has 0 saturated carbocycles. The number of rotatable bonds is 5. The van der Waals surface area contributed by atoms with Crippen LogP contribution in [0.2, 0.25) is 0 Å². The molecule has 0 aliphatic carbocycles. The summed E-state index contributed by atoms with van der Waals surface area (Å²) in [6, 6.07) is 0.212. The molecular formula is C13H25N5OS. The summed E-state index contributed by atoms with van der Waals surface area (Å²) in [5, 5.41) is 11.7. The lowest BCUT2D eigenvalue weighted by Gasteiger charge is -2.23. The summed E-state index contributed by atoms with van der Waals surface area (Å²) in [5.41, 5.74) is 5.43. The van der Waals surface area contributed by atoms with Crippen molar-refractivity contribution in [3.8, 4) is 0 Å². The van der Waals surface area contributed by atoms with E-state index in [0.717, 1.165) is 11.0 Å². The van der Waals surface area contributed by atoms with E-state index in [1.54, 1.807) is 0 Å². The third-order valence-electron chi connectivity index (χ3n) is 2.58. The maximum Gasteiger partial charge on any atom is 0.233 e. The van der Waals surface area contributed by atoms with Crippen LogP contribution in [0, 0.1) is 0 Å². The summed E-state index contributed by atoms with van der Waals surface area (Å²) in [5.74, 6) is 0.737.